The Hall–Kier alpha value is -2.11. The Morgan fingerprint density at radius 1 is 1.29 bits per heavy atom. The first-order chi connectivity index (χ1) is 11.5. The van der Waals surface area contributed by atoms with Crippen LogP contribution in [0.2, 0.25) is 0 Å². The van der Waals surface area contributed by atoms with Gasteiger partial charge in [0.25, 0.3) is 0 Å². The van der Waals surface area contributed by atoms with Gasteiger partial charge in [0.2, 0.25) is 0 Å². The van der Waals surface area contributed by atoms with Crippen LogP contribution in [0.5, 0.6) is 5.75 Å². The largest absolute Gasteiger partial charge is 0.491 e. The molecule has 0 aliphatic carbocycles. The van der Waals surface area contributed by atoms with E-state index in [2.05, 4.69) is 0 Å². The third-order valence-electron chi connectivity index (χ3n) is 4.39. The van der Waals surface area contributed by atoms with Crippen molar-refractivity contribution in [1.29, 1.82) is 0 Å². The first-order valence-corrected chi connectivity index (χ1v) is 8.28. The molecule has 2 unspecified atom stereocenters. The molecule has 2 aromatic rings. The minimum absolute atomic E-state index is 0.0318. The van der Waals surface area contributed by atoms with Gasteiger partial charge in [0.05, 0.1) is 12.2 Å². The number of fused-ring (bicyclic) bond motifs is 1. The smallest absolute Gasteiger partial charge is 0.321 e. The van der Waals surface area contributed by atoms with E-state index >= 15 is 0 Å². The Morgan fingerprint density at radius 2 is 2.04 bits per heavy atom. The summed E-state index contributed by atoms with van der Waals surface area (Å²) in [5.74, 6) is -0.118. The molecule has 5 nitrogen and oxygen atoms in total. The lowest BCUT2D eigenvalue weighted by Gasteiger charge is -2.24. The number of β-amino-alcohol motifs (C(OH)–C–C–N with tert-alkyl or cyclic N) is 1. The average Bonchev–Trinajstić information content (AvgIpc) is 2.90. The number of carboxylic acid groups (broad SMARTS) is 1. The molecule has 5 heteroatoms. The van der Waals surface area contributed by atoms with Crippen molar-refractivity contribution in [2.45, 2.75) is 45.1 Å². The third-order valence-corrected chi connectivity index (χ3v) is 4.39. The first-order valence-electron chi connectivity index (χ1n) is 8.28. The number of aliphatic hydroxyl groups excluding tert-OH is 1. The highest BCUT2D eigenvalue weighted by Gasteiger charge is 2.36. The summed E-state index contributed by atoms with van der Waals surface area (Å²) < 4.78 is 5.95. The fraction of sp³-hybridized carbons (Fsp3) is 0.421. The number of likely N-dealkylation sites (tertiary alicyclic amines) is 1. The molecule has 0 saturated carbocycles. The summed E-state index contributed by atoms with van der Waals surface area (Å²) in [6.45, 7) is 4.75. The molecule has 3 rings (SSSR count). The number of hydrogen-bond acceptors (Lipinski definition) is 4. The van der Waals surface area contributed by atoms with Gasteiger partial charge in [-0.05, 0) is 30.7 Å². The molecule has 1 aliphatic heterocycles. The lowest BCUT2D eigenvalue weighted by Crippen LogP contribution is -2.35. The second-order valence-electron chi connectivity index (χ2n) is 6.60. The van der Waals surface area contributed by atoms with Crippen molar-refractivity contribution in [3.63, 3.8) is 0 Å². The lowest BCUT2D eigenvalue weighted by atomic mass is 10.0. The molecule has 1 aliphatic rings. The number of ether oxygens (including phenoxy) is 1. The molecule has 1 fully saturated rings. The standard InChI is InChI=1S/C19H23NO4/c1-12(2)24-18-8-7-13-5-3-4-6-15(13)16(18)11-20-10-14(21)9-17(20)19(22)23/h3-8,12,14,17,21H,9-11H2,1-2H3,(H,22,23). The van der Waals surface area contributed by atoms with Crippen LogP contribution in [0.4, 0.5) is 0 Å². The molecule has 1 heterocycles. The Balaban J connectivity index is 2.01. The van der Waals surface area contributed by atoms with E-state index in [4.69, 9.17) is 4.74 Å². The van der Waals surface area contributed by atoms with Gasteiger partial charge in [0, 0.05) is 25.1 Å². The quantitative estimate of drug-likeness (QED) is 0.882. The summed E-state index contributed by atoms with van der Waals surface area (Å²) in [5.41, 5.74) is 0.974. The van der Waals surface area contributed by atoms with Gasteiger partial charge >= 0.3 is 5.97 Å². The van der Waals surface area contributed by atoms with E-state index in [9.17, 15) is 15.0 Å². The molecule has 128 valence electrons. The SMILES string of the molecule is CC(C)Oc1ccc2ccccc2c1CN1CC(O)CC1C(=O)O. The number of nitrogens with zero attached hydrogens (tertiary/aromatic N) is 1. The van der Waals surface area contributed by atoms with Gasteiger partial charge < -0.3 is 14.9 Å². The Bertz CT molecular complexity index is 743. The topological polar surface area (TPSA) is 70.0 Å². The molecule has 2 atom stereocenters. The third kappa shape index (κ3) is 3.37. The molecule has 2 aromatic carbocycles. The number of carbonyl (C=O) groups is 1. The second-order valence-corrected chi connectivity index (χ2v) is 6.60. The maximum Gasteiger partial charge on any atom is 0.321 e. The number of aliphatic carboxylic acids is 1. The summed E-state index contributed by atoms with van der Waals surface area (Å²) in [4.78, 5) is 13.3. The van der Waals surface area contributed by atoms with E-state index in [0.29, 0.717) is 13.1 Å². The first kappa shape index (κ1) is 16.7. The maximum absolute atomic E-state index is 11.5. The number of rotatable bonds is 5. The molecule has 24 heavy (non-hydrogen) atoms. The van der Waals surface area contributed by atoms with Crippen LogP contribution in [0.1, 0.15) is 25.8 Å². The highest BCUT2D eigenvalue weighted by molar-refractivity contribution is 5.87. The second kappa shape index (κ2) is 6.79. The Morgan fingerprint density at radius 3 is 2.75 bits per heavy atom. The van der Waals surface area contributed by atoms with Crippen molar-refractivity contribution in [2.75, 3.05) is 6.54 Å². The number of hydrogen-bond donors (Lipinski definition) is 2. The van der Waals surface area contributed by atoms with Crippen LogP contribution in [-0.4, -0.2) is 45.9 Å². The normalized spacial score (nSPS) is 21.5. The van der Waals surface area contributed by atoms with Crippen LogP contribution in [0.25, 0.3) is 10.8 Å². The zero-order valence-corrected chi connectivity index (χ0v) is 14.0. The van der Waals surface area contributed by atoms with Crippen molar-refractivity contribution in [3.05, 3.63) is 42.0 Å². The number of benzene rings is 2. The van der Waals surface area contributed by atoms with Crippen LogP contribution in [0.3, 0.4) is 0 Å². The molecule has 0 spiro atoms. The van der Waals surface area contributed by atoms with Crippen molar-refractivity contribution in [3.8, 4) is 5.75 Å². The summed E-state index contributed by atoms with van der Waals surface area (Å²) in [7, 11) is 0. The van der Waals surface area contributed by atoms with Crippen LogP contribution in [0, 0.1) is 0 Å². The Kier molecular flexibility index (Phi) is 4.73. The van der Waals surface area contributed by atoms with Gasteiger partial charge in [0.1, 0.15) is 11.8 Å². The number of aliphatic hydroxyl groups is 1. The van der Waals surface area contributed by atoms with Gasteiger partial charge in [-0.25, -0.2) is 0 Å². The van der Waals surface area contributed by atoms with Gasteiger partial charge in [-0.2, -0.15) is 0 Å². The molecule has 2 N–H and O–H groups in total. The average molecular weight is 329 g/mol. The van der Waals surface area contributed by atoms with E-state index in [0.717, 1.165) is 22.1 Å². The molecule has 0 aromatic heterocycles. The molecule has 0 radical (unpaired) electrons. The summed E-state index contributed by atoms with van der Waals surface area (Å²) in [6, 6.07) is 11.3. The van der Waals surface area contributed by atoms with Gasteiger partial charge in [0.15, 0.2) is 0 Å². The fourth-order valence-corrected chi connectivity index (χ4v) is 3.36. The van der Waals surface area contributed by atoms with Crippen molar-refractivity contribution in [2.24, 2.45) is 0 Å². The zero-order chi connectivity index (χ0) is 17.3. The Labute approximate surface area is 141 Å². The highest BCUT2D eigenvalue weighted by Crippen LogP contribution is 2.32. The molecular formula is C19H23NO4. The zero-order valence-electron chi connectivity index (χ0n) is 14.0. The van der Waals surface area contributed by atoms with E-state index in [-0.39, 0.29) is 12.5 Å². The summed E-state index contributed by atoms with van der Waals surface area (Å²) >= 11 is 0. The van der Waals surface area contributed by atoms with Crippen molar-refractivity contribution in [1.82, 2.24) is 4.90 Å². The van der Waals surface area contributed by atoms with Gasteiger partial charge in [-0.15, -0.1) is 0 Å². The highest BCUT2D eigenvalue weighted by atomic mass is 16.5. The van der Waals surface area contributed by atoms with E-state index in [1.807, 2.05) is 55.1 Å². The predicted molar refractivity (Wildman–Crippen MR) is 92.2 cm³/mol. The summed E-state index contributed by atoms with van der Waals surface area (Å²) in [5, 5.41) is 21.5. The fourth-order valence-electron chi connectivity index (χ4n) is 3.36. The molecular weight excluding hydrogens is 306 g/mol. The lowest BCUT2D eigenvalue weighted by molar-refractivity contribution is -0.142. The van der Waals surface area contributed by atoms with Crippen LogP contribution >= 0.6 is 0 Å². The predicted octanol–water partition coefficient (Wildman–Crippen LogP) is 2.65. The van der Waals surface area contributed by atoms with Crippen LogP contribution in [0.15, 0.2) is 36.4 Å². The van der Waals surface area contributed by atoms with Crippen molar-refractivity contribution < 1.29 is 19.7 Å². The van der Waals surface area contributed by atoms with Crippen molar-refractivity contribution >= 4 is 16.7 Å². The van der Waals surface area contributed by atoms with Crippen LogP contribution in [-0.2, 0) is 11.3 Å². The van der Waals surface area contributed by atoms with Crippen LogP contribution < -0.4 is 4.74 Å². The molecule has 1 saturated heterocycles. The maximum atomic E-state index is 11.5. The minimum Gasteiger partial charge on any atom is -0.491 e. The van der Waals surface area contributed by atoms with E-state index in [1.54, 1.807) is 0 Å². The van der Waals surface area contributed by atoms with E-state index in [1.165, 1.54) is 0 Å². The molecule has 0 amide bonds. The van der Waals surface area contributed by atoms with Gasteiger partial charge in [-0.3, -0.25) is 9.69 Å². The minimum atomic E-state index is -0.891. The molecule has 0 bridgehead atoms. The number of carboxylic acids is 1. The monoisotopic (exact) mass is 329 g/mol. The van der Waals surface area contributed by atoms with Gasteiger partial charge in [-0.1, -0.05) is 30.3 Å². The summed E-state index contributed by atoms with van der Waals surface area (Å²) in [6.07, 6.45) is -0.305. The van der Waals surface area contributed by atoms with E-state index < -0.39 is 18.1 Å².